The van der Waals surface area contributed by atoms with Gasteiger partial charge < -0.3 is 10.5 Å². The molecule has 0 spiro atoms. The van der Waals surface area contributed by atoms with Gasteiger partial charge in [0.25, 0.3) is 0 Å². The van der Waals surface area contributed by atoms with Crippen molar-refractivity contribution in [3.05, 3.63) is 78.2 Å². The van der Waals surface area contributed by atoms with Crippen LogP contribution >= 0.6 is 0 Å². The fourth-order valence-electron chi connectivity index (χ4n) is 1.86. The molecule has 0 heterocycles. The number of carbonyl (C=O) groups is 1. The molecule has 0 saturated carbocycles. The molecule has 1 atom stereocenters. The lowest BCUT2D eigenvalue weighted by molar-refractivity contribution is -0.148. The fraction of sp³-hybridized carbons (Fsp3) is 0.176. The summed E-state index contributed by atoms with van der Waals surface area (Å²) in [6.45, 7) is 0.515. The second-order valence-corrected chi connectivity index (χ2v) is 4.51. The summed E-state index contributed by atoms with van der Waals surface area (Å²) in [5, 5.41) is 0. The third-order valence-corrected chi connectivity index (χ3v) is 2.97. The normalized spacial score (nSPS) is 11.8. The molecule has 3 heteroatoms. The van der Waals surface area contributed by atoms with Crippen LogP contribution in [0.5, 0.6) is 0 Å². The summed E-state index contributed by atoms with van der Waals surface area (Å²) < 4.78 is 5.30. The number of hydrogen-bond donors (Lipinski definition) is 1. The van der Waals surface area contributed by atoms with Gasteiger partial charge >= 0.3 is 5.97 Å². The number of rotatable bonds is 6. The van der Waals surface area contributed by atoms with E-state index in [-0.39, 0.29) is 19.1 Å². The zero-order chi connectivity index (χ0) is 14.2. The molecule has 0 aromatic heterocycles. The molecular weight excluding hydrogens is 250 g/mol. The molecule has 0 fully saturated rings. The van der Waals surface area contributed by atoms with Gasteiger partial charge in [0.2, 0.25) is 0 Å². The van der Waals surface area contributed by atoms with Crippen LogP contribution in [0.2, 0.25) is 0 Å². The molecule has 2 aromatic carbocycles. The topological polar surface area (TPSA) is 52.3 Å². The van der Waals surface area contributed by atoms with Gasteiger partial charge in [-0.25, -0.2) is 0 Å². The lowest BCUT2D eigenvalue weighted by Crippen LogP contribution is -2.26. The maximum atomic E-state index is 12.0. The molecule has 103 valence electrons. The second-order valence-electron chi connectivity index (χ2n) is 4.51. The third-order valence-electron chi connectivity index (χ3n) is 2.97. The predicted molar refractivity (Wildman–Crippen MR) is 78.6 cm³/mol. The molecule has 0 amide bonds. The van der Waals surface area contributed by atoms with Crippen LogP contribution in [0, 0.1) is 12.3 Å². The SMILES string of the molecule is NC[C@@H]([CH]c1ccccc1)C(=O)OCc1ccccc1. The first-order valence-electron chi connectivity index (χ1n) is 6.60. The zero-order valence-electron chi connectivity index (χ0n) is 11.2. The van der Waals surface area contributed by atoms with E-state index < -0.39 is 5.92 Å². The van der Waals surface area contributed by atoms with Crippen LogP contribution in [0.25, 0.3) is 0 Å². The Hall–Kier alpha value is -2.13. The summed E-state index contributed by atoms with van der Waals surface area (Å²) in [7, 11) is 0. The van der Waals surface area contributed by atoms with E-state index in [0.717, 1.165) is 11.1 Å². The minimum Gasteiger partial charge on any atom is -0.461 e. The standard InChI is InChI=1S/C17H18NO2/c18-12-16(11-14-7-3-1-4-8-14)17(19)20-13-15-9-5-2-6-10-15/h1-11,16H,12-13,18H2/t16-/m1/s1. The number of ether oxygens (including phenoxy) is 1. The molecule has 0 aliphatic carbocycles. The summed E-state index contributed by atoms with van der Waals surface area (Å²) in [6.07, 6.45) is 1.84. The number of hydrogen-bond acceptors (Lipinski definition) is 3. The van der Waals surface area contributed by atoms with Crippen molar-refractivity contribution in [1.29, 1.82) is 0 Å². The molecule has 0 aliphatic rings. The van der Waals surface area contributed by atoms with Crippen LogP contribution < -0.4 is 5.73 Å². The van der Waals surface area contributed by atoms with E-state index in [9.17, 15) is 4.79 Å². The Morgan fingerprint density at radius 1 is 1.05 bits per heavy atom. The van der Waals surface area contributed by atoms with Gasteiger partial charge in [-0.1, -0.05) is 60.7 Å². The summed E-state index contributed by atoms with van der Waals surface area (Å²) in [4.78, 5) is 12.0. The van der Waals surface area contributed by atoms with Gasteiger partial charge in [0.15, 0.2) is 0 Å². The molecule has 0 saturated heterocycles. The smallest absolute Gasteiger partial charge is 0.311 e. The van der Waals surface area contributed by atoms with Crippen molar-refractivity contribution in [3.8, 4) is 0 Å². The molecule has 2 rings (SSSR count). The van der Waals surface area contributed by atoms with Crippen molar-refractivity contribution < 1.29 is 9.53 Å². The van der Waals surface area contributed by atoms with Gasteiger partial charge in [0.1, 0.15) is 6.61 Å². The Labute approximate surface area is 119 Å². The summed E-state index contributed by atoms with van der Waals surface area (Å²) in [5.41, 5.74) is 7.60. The van der Waals surface area contributed by atoms with E-state index >= 15 is 0 Å². The van der Waals surface area contributed by atoms with Gasteiger partial charge in [-0.15, -0.1) is 0 Å². The average molecular weight is 268 g/mol. The fourth-order valence-corrected chi connectivity index (χ4v) is 1.86. The minimum atomic E-state index is -0.416. The number of esters is 1. The first-order chi connectivity index (χ1) is 9.79. The zero-order valence-corrected chi connectivity index (χ0v) is 11.2. The molecule has 0 bridgehead atoms. The van der Waals surface area contributed by atoms with E-state index in [1.807, 2.05) is 67.1 Å². The summed E-state index contributed by atoms with van der Waals surface area (Å²) >= 11 is 0. The maximum Gasteiger partial charge on any atom is 0.311 e. The maximum absolute atomic E-state index is 12.0. The van der Waals surface area contributed by atoms with Crippen molar-refractivity contribution in [2.75, 3.05) is 6.54 Å². The van der Waals surface area contributed by atoms with Crippen LogP contribution in [0.3, 0.4) is 0 Å². The van der Waals surface area contributed by atoms with Crippen LogP contribution in [0.15, 0.2) is 60.7 Å². The Bertz CT molecular complexity index is 525. The number of benzene rings is 2. The minimum absolute atomic E-state index is 0.239. The summed E-state index contributed by atoms with van der Waals surface area (Å²) in [5.74, 6) is -0.707. The average Bonchev–Trinajstić information content (AvgIpc) is 2.52. The molecule has 20 heavy (non-hydrogen) atoms. The van der Waals surface area contributed by atoms with Crippen LogP contribution in [0.4, 0.5) is 0 Å². The Morgan fingerprint density at radius 3 is 2.25 bits per heavy atom. The first kappa shape index (κ1) is 14.3. The lowest BCUT2D eigenvalue weighted by Gasteiger charge is -2.14. The van der Waals surface area contributed by atoms with Gasteiger partial charge in [0.05, 0.1) is 5.92 Å². The number of carbonyl (C=O) groups excluding carboxylic acids is 1. The quantitative estimate of drug-likeness (QED) is 0.819. The molecule has 1 radical (unpaired) electrons. The molecule has 0 aliphatic heterocycles. The second kappa shape index (κ2) is 7.46. The molecule has 3 nitrogen and oxygen atoms in total. The van der Waals surface area contributed by atoms with Crippen molar-refractivity contribution in [2.45, 2.75) is 6.61 Å². The highest BCUT2D eigenvalue weighted by atomic mass is 16.5. The summed E-state index contributed by atoms with van der Waals surface area (Å²) in [6, 6.07) is 19.3. The van der Waals surface area contributed by atoms with Gasteiger partial charge in [-0.3, -0.25) is 4.79 Å². The first-order valence-corrected chi connectivity index (χ1v) is 6.60. The van der Waals surface area contributed by atoms with Crippen LogP contribution in [0.1, 0.15) is 11.1 Å². The van der Waals surface area contributed by atoms with Crippen molar-refractivity contribution in [1.82, 2.24) is 0 Å². The monoisotopic (exact) mass is 268 g/mol. The van der Waals surface area contributed by atoms with Crippen molar-refractivity contribution in [2.24, 2.45) is 11.7 Å². The molecular formula is C17H18NO2. The van der Waals surface area contributed by atoms with E-state index in [2.05, 4.69) is 0 Å². The lowest BCUT2D eigenvalue weighted by atomic mass is 10.00. The van der Waals surface area contributed by atoms with E-state index in [1.54, 1.807) is 0 Å². The molecule has 2 aromatic rings. The van der Waals surface area contributed by atoms with E-state index in [1.165, 1.54) is 0 Å². The van der Waals surface area contributed by atoms with E-state index in [4.69, 9.17) is 10.5 Å². The van der Waals surface area contributed by atoms with Gasteiger partial charge in [-0.2, -0.15) is 0 Å². The van der Waals surface area contributed by atoms with Crippen LogP contribution in [-0.2, 0) is 16.1 Å². The Morgan fingerprint density at radius 2 is 1.65 bits per heavy atom. The van der Waals surface area contributed by atoms with Crippen molar-refractivity contribution >= 4 is 5.97 Å². The Balaban J connectivity index is 1.89. The highest BCUT2D eigenvalue weighted by Gasteiger charge is 2.19. The largest absolute Gasteiger partial charge is 0.461 e. The predicted octanol–water partition coefficient (Wildman–Crippen LogP) is 2.56. The highest BCUT2D eigenvalue weighted by Crippen LogP contribution is 2.13. The van der Waals surface area contributed by atoms with Gasteiger partial charge in [0, 0.05) is 13.0 Å². The molecule has 2 N–H and O–H groups in total. The highest BCUT2D eigenvalue weighted by molar-refractivity contribution is 5.75. The van der Waals surface area contributed by atoms with Crippen molar-refractivity contribution in [3.63, 3.8) is 0 Å². The molecule has 0 unspecified atom stereocenters. The number of nitrogens with two attached hydrogens (primary N) is 1. The van der Waals surface area contributed by atoms with Crippen LogP contribution in [-0.4, -0.2) is 12.5 Å². The third kappa shape index (κ3) is 4.21. The Kier molecular flexibility index (Phi) is 5.33. The van der Waals surface area contributed by atoms with E-state index in [0.29, 0.717) is 0 Å². The van der Waals surface area contributed by atoms with Gasteiger partial charge in [-0.05, 0) is 11.1 Å².